The van der Waals surface area contributed by atoms with E-state index in [2.05, 4.69) is 17.2 Å². The summed E-state index contributed by atoms with van der Waals surface area (Å²) in [4.78, 5) is 34.2. The molecular weight excluding hydrogens is 400 g/mol. The summed E-state index contributed by atoms with van der Waals surface area (Å²) < 4.78 is 11.8. The highest BCUT2D eigenvalue weighted by Gasteiger charge is 2.23. The van der Waals surface area contributed by atoms with E-state index in [0.717, 1.165) is 11.1 Å². The number of carboxylic acids is 1. The van der Waals surface area contributed by atoms with Gasteiger partial charge in [0.15, 0.2) is 11.5 Å². The number of nitrogens with one attached hydrogen (secondary N) is 2. The van der Waals surface area contributed by atoms with E-state index in [0.29, 0.717) is 30.1 Å². The van der Waals surface area contributed by atoms with Crippen molar-refractivity contribution in [1.29, 1.82) is 0 Å². The number of benzene rings is 2. The summed E-state index contributed by atoms with van der Waals surface area (Å²) in [5.41, 5.74) is 2.59. The molecule has 1 saturated heterocycles. The Balaban J connectivity index is 1.91. The largest absolute Gasteiger partial charge is 0.490 e. The van der Waals surface area contributed by atoms with Crippen molar-refractivity contribution in [3.05, 3.63) is 77.0 Å². The molecule has 0 aromatic heterocycles. The van der Waals surface area contributed by atoms with E-state index in [1.54, 1.807) is 30.4 Å². The summed E-state index contributed by atoms with van der Waals surface area (Å²) in [7, 11) is 0. The second-order valence-electron chi connectivity index (χ2n) is 6.69. The molecule has 8 heteroatoms. The van der Waals surface area contributed by atoms with E-state index < -0.39 is 17.9 Å². The molecule has 0 spiro atoms. The molecule has 0 radical (unpaired) electrons. The third-order valence-electron chi connectivity index (χ3n) is 4.43. The highest BCUT2D eigenvalue weighted by atomic mass is 16.5. The topological polar surface area (TPSA) is 114 Å². The van der Waals surface area contributed by atoms with E-state index >= 15 is 0 Å². The van der Waals surface area contributed by atoms with Crippen LogP contribution in [0.2, 0.25) is 0 Å². The van der Waals surface area contributed by atoms with Crippen LogP contribution >= 0.6 is 0 Å². The number of imide groups is 1. The highest BCUT2D eigenvalue weighted by Crippen LogP contribution is 2.35. The zero-order chi connectivity index (χ0) is 22.4. The van der Waals surface area contributed by atoms with Gasteiger partial charge in [0.25, 0.3) is 5.91 Å². The summed E-state index contributed by atoms with van der Waals surface area (Å²) in [5.74, 6) is -0.471. The van der Waals surface area contributed by atoms with Gasteiger partial charge in [0.05, 0.1) is 12.2 Å². The number of hydrogen-bond donors (Lipinski definition) is 3. The third-order valence-corrected chi connectivity index (χ3v) is 4.43. The SMILES string of the molecule is C=CCc1cc(/C=C2/NC(=O)NC2=O)cc(OCC)c1OCc1ccc(C(=O)O)cc1. The lowest BCUT2D eigenvalue weighted by molar-refractivity contribution is -0.115. The van der Waals surface area contributed by atoms with Gasteiger partial charge in [-0.1, -0.05) is 18.2 Å². The molecule has 1 fully saturated rings. The van der Waals surface area contributed by atoms with Crippen molar-refractivity contribution in [2.75, 3.05) is 6.61 Å². The zero-order valence-corrected chi connectivity index (χ0v) is 16.9. The van der Waals surface area contributed by atoms with Crippen LogP contribution in [-0.4, -0.2) is 29.6 Å². The predicted molar refractivity (Wildman–Crippen MR) is 114 cm³/mol. The maximum atomic E-state index is 11.8. The normalized spacial score (nSPS) is 14.2. The molecule has 1 heterocycles. The Kier molecular flexibility index (Phi) is 6.71. The molecule has 31 heavy (non-hydrogen) atoms. The Morgan fingerprint density at radius 1 is 1.13 bits per heavy atom. The van der Waals surface area contributed by atoms with Gasteiger partial charge in [-0.3, -0.25) is 10.1 Å². The van der Waals surface area contributed by atoms with Crippen molar-refractivity contribution in [3.63, 3.8) is 0 Å². The fourth-order valence-corrected chi connectivity index (χ4v) is 3.05. The summed E-state index contributed by atoms with van der Waals surface area (Å²) in [6.45, 7) is 6.24. The van der Waals surface area contributed by atoms with Gasteiger partial charge in [-0.15, -0.1) is 6.58 Å². The first-order valence-electron chi connectivity index (χ1n) is 9.61. The van der Waals surface area contributed by atoms with Crippen molar-refractivity contribution < 1.29 is 29.0 Å². The average Bonchev–Trinajstić information content (AvgIpc) is 3.04. The van der Waals surface area contributed by atoms with E-state index in [-0.39, 0.29) is 17.9 Å². The fraction of sp³-hybridized carbons (Fsp3) is 0.174. The number of aromatic carboxylic acids is 1. The van der Waals surface area contributed by atoms with E-state index in [1.807, 2.05) is 13.0 Å². The van der Waals surface area contributed by atoms with Crippen LogP contribution < -0.4 is 20.1 Å². The first-order valence-corrected chi connectivity index (χ1v) is 9.61. The molecule has 1 aliphatic rings. The van der Waals surface area contributed by atoms with Gasteiger partial charge in [0, 0.05) is 5.56 Å². The van der Waals surface area contributed by atoms with Gasteiger partial charge in [-0.05, 0) is 54.8 Å². The minimum absolute atomic E-state index is 0.143. The smallest absolute Gasteiger partial charge is 0.335 e. The minimum Gasteiger partial charge on any atom is -0.490 e. The Morgan fingerprint density at radius 2 is 1.87 bits per heavy atom. The van der Waals surface area contributed by atoms with Crippen LogP contribution in [0.1, 0.15) is 34.0 Å². The standard InChI is InChI=1S/C23H22N2O6/c1-3-5-17-10-15(11-18-21(26)25-23(29)24-18)12-19(30-4-2)20(17)31-13-14-6-8-16(9-7-14)22(27)28/h3,6-12H,1,4-5,13H2,2H3,(H,27,28)(H2,24,25,26,29)/b18-11+. The van der Waals surface area contributed by atoms with Gasteiger partial charge in [0.1, 0.15) is 12.3 Å². The lowest BCUT2D eigenvalue weighted by Gasteiger charge is -2.17. The maximum absolute atomic E-state index is 11.8. The molecule has 0 aliphatic carbocycles. The van der Waals surface area contributed by atoms with Gasteiger partial charge >= 0.3 is 12.0 Å². The molecule has 2 aromatic carbocycles. The van der Waals surface area contributed by atoms with Crippen LogP contribution in [-0.2, 0) is 17.8 Å². The number of carboxylic acid groups (broad SMARTS) is 1. The number of rotatable bonds is 9. The fourth-order valence-electron chi connectivity index (χ4n) is 3.05. The number of carbonyl (C=O) groups excluding carboxylic acids is 2. The molecule has 2 aromatic rings. The first-order chi connectivity index (χ1) is 14.9. The number of ether oxygens (including phenoxy) is 2. The molecule has 160 valence electrons. The first kappa shape index (κ1) is 21.6. The van der Waals surface area contributed by atoms with Crippen molar-refractivity contribution in [2.24, 2.45) is 0 Å². The molecule has 0 saturated carbocycles. The van der Waals surface area contributed by atoms with Crippen LogP contribution in [0.25, 0.3) is 6.08 Å². The molecule has 8 nitrogen and oxygen atoms in total. The number of allylic oxidation sites excluding steroid dienone is 1. The van der Waals surface area contributed by atoms with E-state index in [1.165, 1.54) is 12.1 Å². The average molecular weight is 422 g/mol. The lowest BCUT2D eigenvalue weighted by Crippen LogP contribution is -2.22. The molecular formula is C23H22N2O6. The van der Waals surface area contributed by atoms with Crippen LogP contribution in [0, 0.1) is 0 Å². The second-order valence-corrected chi connectivity index (χ2v) is 6.69. The van der Waals surface area contributed by atoms with Crippen LogP contribution in [0.15, 0.2) is 54.8 Å². The van der Waals surface area contributed by atoms with Gasteiger partial charge in [0.2, 0.25) is 0 Å². The van der Waals surface area contributed by atoms with Crippen LogP contribution in [0.4, 0.5) is 4.79 Å². The Bertz CT molecular complexity index is 1060. The van der Waals surface area contributed by atoms with Gasteiger partial charge in [-0.2, -0.15) is 0 Å². The molecule has 1 aliphatic heterocycles. The predicted octanol–water partition coefficient (Wildman–Crippen LogP) is 3.27. The molecule has 0 unspecified atom stereocenters. The number of carbonyl (C=O) groups is 3. The number of hydrogen-bond acceptors (Lipinski definition) is 5. The molecule has 3 N–H and O–H groups in total. The lowest BCUT2D eigenvalue weighted by atomic mass is 10.0. The van der Waals surface area contributed by atoms with Crippen molar-refractivity contribution in [3.8, 4) is 11.5 Å². The maximum Gasteiger partial charge on any atom is 0.335 e. The van der Waals surface area contributed by atoms with Gasteiger partial charge in [-0.25, -0.2) is 9.59 Å². The molecule has 3 amide bonds. The Morgan fingerprint density at radius 3 is 2.45 bits per heavy atom. The van der Waals surface area contributed by atoms with Crippen molar-refractivity contribution in [1.82, 2.24) is 10.6 Å². The van der Waals surface area contributed by atoms with Crippen molar-refractivity contribution in [2.45, 2.75) is 20.0 Å². The van der Waals surface area contributed by atoms with Gasteiger partial charge < -0.3 is 19.9 Å². The zero-order valence-electron chi connectivity index (χ0n) is 16.9. The second kappa shape index (κ2) is 9.62. The minimum atomic E-state index is -0.990. The monoisotopic (exact) mass is 422 g/mol. The number of urea groups is 1. The summed E-state index contributed by atoms with van der Waals surface area (Å²) >= 11 is 0. The third kappa shape index (κ3) is 5.30. The quantitative estimate of drug-likeness (QED) is 0.325. The summed E-state index contributed by atoms with van der Waals surface area (Å²) in [5, 5.41) is 13.6. The van der Waals surface area contributed by atoms with E-state index in [9.17, 15) is 14.4 Å². The molecule has 0 atom stereocenters. The molecule has 0 bridgehead atoms. The highest BCUT2D eigenvalue weighted by molar-refractivity contribution is 6.14. The van der Waals surface area contributed by atoms with Crippen LogP contribution in [0.3, 0.4) is 0 Å². The molecule has 3 rings (SSSR count). The Labute approximate surface area is 179 Å². The number of amides is 3. The van der Waals surface area contributed by atoms with E-state index in [4.69, 9.17) is 14.6 Å². The van der Waals surface area contributed by atoms with Crippen molar-refractivity contribution >= 4 is 24.0 Å². The summed E-state index contributed by atoms with van der Waals surface area (Å²) in [6.07, 6.45) is 3.77. The Hall–Kier alpha value is -4.07. The van der Waals surface area contributed by atoms with Crippen LogP contribution in [0.5, 0.6) is 11.5 Å². The summed E-state index contributed by atoms with van der Waals surface area (Å²) in [6, 6.07) is 9.41.